The van der Waals surface area contributed by atoms with E-state index in [9.17, 15) is 13.2 Å². The molecule has 0 saturated carbocycles. The lowest BCUT2D eigenvalue weighted by Gasteiger charge is -2.29. The van der Waals surface area contributed by atoms with Gasteiger partial charge in [0, 0.05) is 12.1 Å². The topological polar surface area (TPSA) is 63.7 Å². The molecular formula is C11H15NO4S2. The minimum atomic E-state index is -3.48. The lowest BCUT2D eigenvalue weighted by Crippen LogP contribution is -2.41. The third kappa shape index (κ3) is 1.96. The van der Waals surface area contributed by atoms with Crippen LogP contribution >= 0.6 is 11.3 Å². The van der Waals surface area contributed by atoms with E-state index in [1.54, 1.807) is 6.07 Å². The Hall–Kier alpha value is -0.920. The number of carbonyl (C=O) groups excluding carboxylic acids is 1. The number of esters is 1. The summed E-state index contributed by atoms with van der Waals surface area (Å²) in [6, 6.07) is 1.61. The van der Waals surface area contributed by atoms with Gasteiger partial charge in [0.2, 0.25) is 0 Å². The van der Waals surface area contributed by atoms with Crippen molar-refractivity contribution in [1.29, 1.82) is 0 Å². The molecule has 1 aromatic rings. The van der Waals surface area contributed by atoms with Gasteiger partial charge in [0.05, 0.1) is 7.11 Å². The van der Waals surface area contributed by atoms with E-state index in [0.717, 1.165) is 11.3 Å². The summed E-state index contributed by atoms with van der Waals surface area (Å²) in [4.78, 5) is 11.7. The van der Waals surface area contributed by atoms with Gasteiger partial charge in [-0.15, -0.1) is 11.3 Å². The summed E-state index contributed by atoms with van der Waals surface area (Å²) in [5, 5.41) is 0. The number of methoxy groups -OCH3 is 1. The smallest absolute Gasteiger partial charge is 0.348 e. The molecule has 0 unspecified atom stereocenters. The number of sulfonamides is 1. The molecule has 1 aromatic heterocycles. The van der Waals surface area contributed by atoms with Gasteiger partial charge in [0.1, 0.15) is 9.09 Å². The molecule has 0 aromatic carbocycles. The molecule has 0 amide bonds. The summed E-state index contributed by atoms with van der Waals surface area (Å²) < 4.78 is 31.0. The third-order valence-corrected chi connectivity index (χ3v) is 6.57. The molecule has 18 heavy (non-hydrogen) atoms. The SMILES string of the molecule is COC(=O)c1cc2c(s1)S(=O)(=O)N(C(C)(C)C)C2. The van der Waals surface area contributed by atoms with Gasteiger partial charge in [0.15, 0.2) is 0 Å². The molecule has 0 bridgehead atoms. The zero-order valence-corrected chi connectivity index (χ0v) is 12.3. The summed E-state index contributed by atoms with van der Waals surface area (Å²) in [5.74, 6) is -0.494. The van der Waals surface area contributed by atoms with Crippen molar-refractivity contribution in [3.8, 4) is 0 Å². The normalized spacial score (nSPS) is 18.7. The van der Waals surface area contributed by atoms with Gasteiger partial charge < -0.3 is 4.74 Å². The number of carbonyl (C=O) groups is 1. The van der Waals surface area contributed by atoms with Gasteiger partial charge in [0.25, 0.3) is 10.0 Å². The number of fused-ring (bicyclic) bond motifs is 1. The molecule has 2 heterocycles. The molecule has 0 spiro atoms. The monoisotopic (exact) mass is 289 g/mol. The van der Waals surface area contributed by atoms with E-state index < -0.39 is 21.5 Å². The van der Waals surface area contributed by atoms with Crippen LogP contribution in [0.3, 0.4) is 0 Å². The maximum absolute atomic E-state index is 12.3. The maximum Gasteiger partial charge on any atom is 0.348 e. The Morgan fingerprint density at radius 1 is 1.44 bits per heavy atom. The fourth-order valence-electron chi connectivity index (χ4n) is 1.88. The largest absolute Gasteiger partial charge is 0.465 e. The fourth-order valence-corrected chi connectivity index (χ4v) is 5.35. The first kappa shape index (κ1) is 13.5. The summed E-state index contributed by atoms with van der Waals surface area (Å²) in [6.07, 6.45) is 0. The molecule has 0 radical (unpaired) electrons. The zero-order valence-electron chi connectivity index (χ0n) is 10.7. The molecule has 7 heteroatoms. The predicted molar refractivity (Wildman–Crippen MR) is 68.1 cm³/mol. The van der Waals surface area contributed by atoms with Crippen LogP contribution in [0.4, 0.5) is 0 Å². The molecule has 0 saturated heterocycles. The van der Waals surface area contributed by atoms with Crippen molar-refractivity contribution in [1.82, 2.24) is 4.31 Å². The Kier molecular flexibility index (Phi) is 3.03. The minimum absolute atomic E-state index is 0.262. The van der Waals surface area contributed by atoms with Gasteiger partial charge >= 0.3 is 5.97 Å². The van der Waals surface area contributed by atoms with Crippen molar-refractivity contribution in [2.75, 3.05) is 7.11 Å². The number of rotatable bonds is 1. The van der Waals surface area contributed by atoms with Crippen LogP contribution in [0.15, 0.2) is 10.3 Å². The highest BCUT2D eigenvalue weighted by Gasteiger charge is 2.43. The first-order valence-corrected chi connectivity index (χ1v) is 7.67. The Labute approximate surface area is 110 Å². The number of ether oxygens (including phenoxy) is 1. The third-order valence-electron chi connectivity index (χ3n) is 2.74. The van der Waals surface area contributed by atoms with Crippen LogP contribution in [-0.4, -0.2) is 31.3 Å². The highest BCUT2D eigenvalue weighted by molar-refractivity contribution is 7.91. The molecule has 1 aliphatic rings. The van der Waals surface area contributed by atoms with Crippen LogP contribution in [0.25, 0.3) is 0 Å². The van der Waals surface area contributed by atoms with Gasteiger partial charge in [-0.3, -0.25) is 0 Å². The molecule has 0 aliphatic carbocycles. The van der Waals surface area contributed by atoms with Gasteiger partial charge in [-0.25, -0.2) is 13.2 Å². The van der Waals surface area contributed by atoms with Crippen LogP contribution in [-0.2, 0) is 21.3 Å². The average molecular weight is 289 g/mol. The Bertz CT molecular complexity index is 595. The highest BCUT2D eigenvalue weighted by Crippen LogP contribution is 2.40. The van der Waals surface area contributed by atoms with Crippen molar-refractivity contribution >= 4 is 27.3 Å². The molecule has 100 valence electrons. The van der Waals surface area contributed by atoms with Crippen LogP contribution in [0.2, 0.25) is 0 Å². The summed E-state index contributed by atoms with van der Waals surface area (Å²) in [6.45, 7) is 5.86. The van der Waals surface area contributed by atoms with Gasteiger partial charge in [-0.1, -0.05) is 0 Å². The van der Waals surface area contributed by atoms with Crippen molar-refractivity contribution in [2.45, 2.75) is 37.1 Å². The Morgan fingerprint density at radius 2 is 2.06 bits per heavy atom. The lowest BCUT2D eigenvalue weighted by atomic mass is 10.1. The van der Waals surface area contributed by atoms with Crippen molar-refractivity contribution in [2.24, 2.45) is 0 Å². The van der Waals surface area contributed by atoms with Crippen molar-refractivity contribution < 1.29 is 17.9 Å². The summed E-state index contributed by atoms with van der Waals surface area (Å²) in [5.41, 5.74) is 0.207. The second kappa shape index (κ2) is 4.04. The Morgan fingerprint density at radius 3 is 2.50 bits per heavy atom. The molecular weight excluding hydrogens is 274 g/mol. The molecule has 1 aliphatic heterocycles. The zero-order chi connectivity index (χ0) is 13.7. The number of thiophene rings is 1. The first-order valence-electron chi connectivity index (χ1n) is 5.42. The van der Waals surface area contributed by atoms with Crippen LogP contribution < -0.4 is 0 Å². The second-order valence-corrected chi connectivity index (χ2v) is 8.21. The molecule has 5 nitrogen and oxygen atoms in total. The van der Waals surface area contributed by atoms with E-state index >= 15 is 0 Å². The second-order valence-electron chi connectivity index (χ2n) is 5.10. The minimum Gasteiger partial charge on any atom is -0.465 e. The summed E-state index contributed by atoms with van der Waals surface area (Å²) >= 11 is 0.977. The van der Waals surface area contributed by atoms with E-state index in [1.165, 1.54) is 11.4 Å². The molecule has 0 N–H and O–H groups in total. The molecule has 0 atom stereocenters. The first-order chi connectivity index (χ1) is 8.17. The van der Waals surface area contributed by atoms with E-state index in [-0.39, 0.29) is 4.21 Å². The van der Waals surface area contributed by atoms with Crippen LogP contribution in [0, 0.1) is 0 Å². The van der Waals surface area contributed by atoms with E-state index in [0.29, 0.717) is 17.0 Å². The predicted octanol–water partition coefficient (Wildman–Crippen LogP) is 1.84. The number of hydrogen-bond acceptors (Lipinski definition) is 5. The lowest BCUT2D eigenvalue weighted by molar-refractivity contribution is 0.0606. The van der Waals surface area contributed by atoms with E-state index in [1.807, 2.05) is 20.8 Å². The Balaban J connectivity index is 2.47. The fraction of sp³-hybridized carbons (Fsp3) is 0.545. The standard InChI is InChI=1S/C11H15NO4S2/c1-11(2,3)12-6-7-5-8(9(13)16-4)17-10(7)18(12,14)15/h5H,6H2,1-4H3. The molecule has 0 fully saturated rings. The van der Waals surface area contributed by atoms with Crippen LogP contribution in [0.1, 0.15) is 36.0 Å². The van der Waals surface area contributed by atoms with Crippen molar-refractivity contribution in [3.05, 3.63) is 16.5 Å². The van der Waals surface area contributed by atoms with E-state index in [4.69, 9.17) is 0 Å². The van der Waals surface area contributed by atoms with Gasteiger partial charge in [-0.05, 0) is 32.4 Å². The van der Waals surface area contributed by atoms with E-state index in [2.05, 4.69) is 4.74 Å². The maximum atomic E-state index is 12.3. The quantitative estimate of drug-likeness (QED) is 0.740. The van der Waals surface area contributed by atoms with Gasteiger partial charge in [-0.2, -0.15) is 4.31 Å². The van der Waals surface area contributed by atoms with Crippen molar-refractivity contribution in [3.63, 3.8) is 0 Å². The average Bonchev–Trinajstić information content (AvgIpc) is 2.75. The number of hydrogen-bond donors (Lipinski definition) is 0. The number of nitrogens with zero attached hydrogens (tertiary/aromatic N) is 1. The molecule has 2 rings (SSSR count). The van der Waals surface area contributed by atoms with Crippen LogP contribution in [0.5, 0.6) is 0 Å². The highest BCUT2D eigenvalue weighted by atomic mass is 32.2. The summed E-state index contributed by atoms with van der Waals surface area (Å²) in [7, 11) is -2.20.